The van der Waals surface area contributed by atoms with Crippen LogP contribution in [-0.2, 0) is 0 Å². The number of fused-ring (bicyclic) bond motifs is 5. The third-order valence-corrected chi connectivity index (χ3v) is 4.74. The number of hydrogen-bond donors (Lipinski definition) is 0. The fraction of sp³-hybridized carbons (Fsp3) is 0.200. The molecule has 2 nitrogen and oxygen atoms in total. The van der Waals surface area contributed by atoms with E-state index in [9.17, 15) is 13.2 Å². The Hall–Kier alpha value is -2.69. The molecular formula is C20H15F3O2. The van der Waals surface area contributed by atoms with Gasteiger partial charge in [0.2, 0.25) is 0 Å². The van der Waals surface area contributed by atoms with Gasteiger partial charge in [0.05, 0.1) is 14.2 Å². The molecule has 0 bridgehead atoms. The van der Waals surface area contributed by atoms with Gasteiger partial charge < -0.3 is 9.47 Å². The topological polar surface area (TPSA) is 18.5 Å². The van der Waals surface area contributed by atoms with E-state index in [0.717, 1.165) is 10.8 Å². The molecule has 0 spiro atoms. The van der Waals surface area contributed by atoms with Gasteiger partial charge in [-0.3, -0.25) is 0 Å². The molecule has 0 aliphatic heterocycles. The molecular weight excluding hydrogens is 329 g/mol. The van der Waals surface area contributed by atoms with Crippen LogP contribution in [0.4, 0.5) is 13.2 Å². The van der Waals surface area contributed by atoms with Crippen molar-refractivity contribution >= 4 is 10.8 Å². The van der Waals surface area contributed by atoms with Crippen molar-refractivity contribution < 1.29 is 22.6 Å². The quantitative estimate of drug-likeness (QED) is 0.608. The SMILES string of the molecule is COc1cc2ccc3c(c2cc1OC)-c1ccccc1C3C(F)(F)F. The zero-order chi connectivity index (χ0) is 17.8. The van der Waals surface area contributed by atoms with E-state index in [4.69, 9.17) is 9.47 Å². The van der Waals surface area contributed by atoms with Gasteiger partial charge in [-0.05, 0) is 45.2 Å². The Morgan fingerprint density at radius 2 is 1.52 bits per heavy atom. The van der Waals surface area contributed by atoms with Crippen LogP contribution in [-0.4, -0.2) is 20.4 Å². The average molecular weight is 344 g/mol. The van der Waals surface area contributed by atoms with Crippen molar-refractivity contribution in [2.45, 2.75) is 12.1 Å². The summed E-state index contributed by atoms with van der Waals surface area (Å²) in [6.45, 7) is 0. The number of benzene rings is 3. The van der Waals surface area contributed by atoms with Crippen molar-refractivity contribution in [3.63, 3.8) is 0 Å². The Kier molecular flexibility index (Phi) is 3.42. The molecule has 4 rings (SSSR count). The third-order valence-electron chi connectivity index (χ3n) is 4.74. The number of rotatable bonds is 2. The number of methoxy groups -OCH3 is 2. The van der Waals surface area contributed by atoms with Crippen LogP contribution < -0.4 is 9.47 Å². The first-order valence-corrected chi connectivity index (χ1v) is 7.80. The molecule has 5 heteroatoms. The Bertz CT molecular complexity index is 977. The van der Waals surface area contributed by atoms with Gasteiger partial charge in [-0.2, -0.15) is 13.2 Å². The van der Waals surface area contributed by atoms with Gasteiger partial charge in [0.15, 0.2) is 11.5 Å². The lowest BCUT2D eigenvalue weighted by molar-refractivity contribution is -0.140. The predicted octanol–water partition coefficient (Wildman–Crippen LogP) is 5.53. The molecule has 0 radical (unpaired) electrons. The predicted molar refractivity (Wildman–Crippen MR) is 90.4 cm³/mol. The summed E-state index contributed by atoms with van der Waals surface area (Å²) in [6, 6.07) is 13.5. The fourth-order valence-electron chi connectivity index (χ4n) is 3.71. The summed E-state index contributed by atoms with van der Waals surface area (Å²) in [5.74, 6) is -0.555. The standard InChI is InChI=1S/C20H15F3O2/c1-24-16-9-11-7-8-14-18(15(11)10-17(16)25-2)12-5-3-4-6-13(12)19(14)20(21,22)23/h3-10,19H,1-2H3. The van der Waals surface area contributed by atoms with Crippen LogP contribution in [0.5, 0.6) is 11.5 Å². The highest BCUT2D eigenvalue weighted by atomic mass is 19.4. The van der Waals surface area contributed by atoms with Crippen molar-refractivity contribution in [1.82, 2.24) is 0 Å². The number of alkyl halides is 3. The van der Waals surface area contributed by atoms with Gasteiger partial charge in [-0.1, -0.05) is 36.4 Å². The van der Waals surface area contributed by atoms with Crippen molar-refractivity contribution in [1.29, 1.82) is 0 Å². The molecule has 25 heavy (non-hydrogen) atoms. The summed E-state index contributed by atoms with van der Waals surface area (Å²) < 4.78 is 51.9. The smallest absolute Gasteiger partial charge is 0.399 e. The van der Waals surface area contributed by atoms with Gasteiger partial charge in [0.1, 0.15) is 5.92 Å². The van der Waals surface area contributed by atoms with Crippen molar-refractivity contribution in [2.75, 3.05) is 14.2 Å². The number of halogens is 3. The largest absolute Gasteiger partial charge is 0.493 e. The molecule has 0 aromatic heterocycles. The fourth-order valence-corrected chi connectivity index (χ4v) is 3.71. The van der Waals surface area contributed by atoms with E-state index in [1.54, 1.807) is 48.5 Å². The molecule has 0 N–H and O–H groups in total. The Balaban J connectivity index is 2.10. The summed E-state index contributed by atoms with van der Waals surface area (Å²) >= 11 is 0. The van der Waals surface area contributed by atoms with E-state index in [0.29, 0.717) is 28.2 Å². The highest BCUT2D eigenvalue weighted by Crippen LogP contribution is 2.54. The zero-order valence-electron chi connectivity index (χ0n) is 13.6. The van der Waals surface area contributed by atoms with Crippen LogP contribution in [0.1, 0.15) is 17.0 Å². The van der Waals surface area contributed by atoms with Gasteiger partial charge >= 0.3 is 6.18 Å². The summed E-state index contributed by atoms with van der Waals surface area (Å²) in [5.41, 5.74) is 1.83. The van der Waals surface area contributed by atoms with Gasteiger partial charge in [0, 0.05) is 0 Å². The molecule has 1 unspecified atom stereocenters. The first-order valence-electron chi connectivity index (χ1n) is 7.80. The highest BCUT2D eigenvalue weighted by Gasteiger charge is 2.47. The van der Waals surface area contributed by atoms with E-state index < -0.39 is 12.1 Å². The van der Waals surface area contributed by atoms with Crippen LogP contribution >= 0.6 is 0 Å². The average Bonchev–Trinajstić information content (AvgIpc) is 2.95. The van der Waals surface area contributed by atoms with Crippen molar-refractivity contribution in [2.24, 2.45) is 0 Å². The lowest BCUT2D eigenvalue weighted by Crippen LogP contribution is -2.19. The second-order valence-corrected chi connectivity index (χ2v) is 6.02. The summed E-state index contributed by atoms with van der Waals surface area (Å²) in [4.78, 5) is 0. The summed E-state index contributed by atoms with van der Waals surface area (Å²) in [5, 5.41) is 1.54. The molecule has 0 saturated carbocycles. The molecule has 0 saturated heterocycles. The maximum Gasteiger partial charge on any atom is 0.399 e. The highest BCUT2D eigenvalue weighted by molar-refractivity contribution is 6.03. The van der Waals surface area contributed by atoms with E-state index in [1.165, 1.54) is 14.2 Å². The molecule has 1 aliphatic carbocycles. The lowest BCUT2D eigenvalue weighted by atomic mass is 9.94. The van der Waals surface area contributed by atoms with Gasteiger partial charge in [-0.15, -0.1) is 0 Å². The van der Waals surface area contributed by atoms with Crippen LogP contribution in [0.25, 0.3) is 21.9 Å². The lowest BCUT2D eigenvalue weighted by Gasteiger charge is -2.18. The summed E-state index contributed by atoms with van der Waals surface area (Å²) in [6.07, 6.45) is -4.34. The minimum Gasteiger partial charge on any atom is -0.493 e. The van der Waals surface area contributed by atoms with Gasteiger partial charge in [0.25, 0.3) is 0 Å². The van der Waals surface area contributed by atoms with Crippen LogP contribution in [0.15, 0.2) is 48.5 Å². The second kappa shape index (κ2) is 5.41. The van der Waals surface area contributed by atoms with Gasteiger partial charge in [-0.25, -0.2) is 0 Å². The maximum atomic E-state index is 13.7. The van der Waals surface area contributed by atoms with E-state index in [1.807, 2.05) is 0 Å². The Labute approximate surface area is 142 Å². The first-order chi connectivity index (χ1) is 12.0. The minimum atomic E-state index is -4.34. The molecule has 3 aromatic rings. The normalized spacial score (nSPS) is 15.8. The van der Waals surface area contributed by atoms with Crippen LogP contribution in [0.2, 0.25) is 0 Å². The Morgan fingerprint density at radius 3 is 2.20 bits per heavy atom. The second-order valence-electron chi connectivity index (χ2n) is 6.02. The summed E-state index contributed by atoms with van der Waals surface area (Å²) in [7, 11) is 3.05. The third kappa shape index (κ3) is 2.26. The van der Waals surface area contributed by atoms with E-state index in [-0.39, 0.29) is 5.56 Å². The van der Waals surface area contributed by atoms with E-state index in [2.05, 4.69) is 0 Å². The molecule has 0 heterocycles. The Morgan fingerprint density at radius 1 is 0.840 bits per heavy atom. The number of ether oxygens (including phenoxy) is 2. The monoisotopic (exact) mass is 344 g/mol. The van der Waals surface area contributed by atoms with Crippen molar-refractivity contribution in [3.8, 4) is 22.6 Å². The zero-order valence-corrected chi connectivity index (χ0v) is 13.6. The molecule has 1 aliphatic rings. The maximum absolute atomic E-state index is 13.7. The molecule has 0 amide bonds. The van der Waals surface area contributed by atoms with E-state index >= 15 is 0 Å². The molecule has 128 valence electrons. The van der Waals surface area contributed by atoms with Crippen molar-refractivity contribution in [3.05, 3.63) is 59.7 Å². The molecule has 1 atom stereocenters. The van der Waals surface area contributed by atoms with Crippen LogP contribution in [0, 0.1) is 0 Å². The minimum absolute atomic E-state index is 0.286. The molecule has 0 fully saturated rings. The first kappa shape index (κ1) is 15.8. The van der Waals surface area contributed by atoms with Crippen LogP contribution in [0.3, 0.4) is 0 Å². The molecule has 3 aromatic carbocycles. The number of hydrogen-bond acceptors (Lipinski definition) is 2.